The minimum atomic E-state index is -4.41. The summed E-state index contributed by atoms with van der Waals surface area (Å²) in [6.45, 7) is 2.25. The number of aryl methyl sites for hydroxylation is 1. The quantitative estimate of drug-likeness (QED) is 0.287. The summed E-state index contributed by atoms with van der Waals surface area (Å²) in [5, 5.41) is 1.88. The molecule has 0 aliphatic heterocycles. The van der Waals surface area contributed by atoms with Crippen LogP contribution in [-0.2, 0) is 16.5 Å². The Morgan fingerprint density at radius 1 is 0.786 bits per heavy atom. The molecule has 0 aliphatic carbocycles. The molecule has 0 radical (unpaired) electrons. The molecule has 28 heavy (non-hydrogen) atoms. The second-order valence-electron chi connectivity index (χ2n) is 7.54. The number of benzene rings is 2. The molecule has 0 N–H and O–H groups in total. The van der Waals surface area contributed by atoms with Crippen LogP contribution in [-0.4, -0.2) is 13.0 Å². The van der Waals surface area contributed by atoms with Crippen molar-refractivity contribution in [2.24, 2.45) is 0 Å². The number of hydrogen-bond donors (Lipinski definition) is 0. The van der Waals surface area contributed by atoms with Gasteiger partial charge in [-0.05, 0) is 41.3 Å². The van der Waals surface area contributed by atoms with Gasteiger partial charge in [0, 0.05) is 0 Å². The minimum Gasteiger partial charge on any atom is -0.744 e. The molecule has 0 fully saturated rings. The Labute approximate surface area is 193 Å². The SMILES string of the molecule is CCCCCCCCCCCCCc1cccc2ccc(S(=O)(=O)[O-])cc12.[Na+]. The van der Waals surface area contributed by atoms with E-state index in [9.17, 15) is 13.0 Å². The Hall–Kier alpha value is -0.390. The van der Waals surface area contributed by atoms with Gasteiger partial charge in [0.05, 0.1) is 4.90 Å². The standard InChI is InChI=1S/C23H34O3S.Na/c1-2-3-4-5-6-7-8-9-10-11-12-14-20-15-13-16-21-17-18-22(19-23(20)21)27(24,25)26;/h13,15-19H,2-12,14H2,1H3,(H,24,25,26);/q;+1/p-1. The van der Waals surface area contributed by atoms with Gasteiger partial charge in [0.2, 0.25) is 0 Å². The van der Waals surface area contributed by atoms with Crippen LogP contribution >= 0.6 is 0 Å². The van der Waals surface area contributed by atoms with Gasteiger partial charge in [-0.2, -0.15) is 0 Å². The van der Waals surface area contributed by atoms with Crippen molar-refractivity contribution in [3.63, 3.8) is 0 Å². The molecule has 0 aromatic heterocycles. The van der Waals surface area contributed by atoms with E-state index in [2.05, 4.69) is 6.92 Å². The van der Waals surface area contributed by atoms with Gasteiger partial charge in [-0.3, -0.25) is 0 Å². The van der Waals surface area contributed by atoms with E-state index in [0.29, 0.717) is 0 Å². The van der Waals surface area contributed by atoms with Crippen LogP contribution in [0.5, 0.6) is 0 Å². The van der Waals surface area contributed by atoms with E-state index in [1.807, 2.05) is 18.2 Å². The molecule has 0 bridgehead atoms. The summed E-state index contributed by atoms with van der Waals surface area (Å²) in [4.78, 5) is -0.138. The van der Waals surface area contributed by atoms with Gasteiger partial charge in [0.15, 0.2) is 0 Å². The summed E-state index contributed by atoms with van der Waals surface area (Å²) < 4.78 is 33.9. The van der Waals surface area contributed by atoms with Gasteiger partial charge in [-0.15, -0.1) is 0 Å². The van der Waals surface area contributed by atoms with E-state index >= 15 is 0 Å². The first kappa shape index (κ1) is 25.6. The molecule has 5 heteroatoms. The summed E-state index contributed by atoms with van der Waals surface area (Å²) in [6.07, 6.45) is 15.3. The number of unbranched alkanes of at least 4 members (excludes halogenated alkanes) is 10. The summed E-state index contributed by atoms with van der Waals surface area (Å²) in [5.74, 6) is 0. The first-order chi connectivity index (χ1) is 13.0. The van der Waals surface area contributed by atoms with Crippen molar-refractivity contribution < 1.29 is 42.5 Å². The van der Waals surface area contributed by atoms with Crippen LogP contribution in [0.25, 0.3) is 10.8 Å². The monoisotopic (exact) mass is 412 g/mol. The van der Waals surface area contributed by atoms with Crippen LogP contribution in [0.3, 0.4) is 0 Å². The molecular weight excluding hydrogens is 379 g/mol. The van der Waals surface area contributed by atoms with Gasteiger partial charge >= 0.3 is 29.6 Å². The molecule has 0 heterocycles. The van der Waals surface area contributed by atoms with E-state index in [0.717, 1.165) is 29.2 Å². The van der Waals surface area contributed by atoms with Crippen molar-refractivity contribution in [1.29, 1.82) is 0 Å². The maximum absolute atomic E-state index is 11.3. The second-order valence-corrected chi connectivity index (χ2v) is 8.92. The third-order valence-corrected chi connectivity index (χ3v) is 6.11. The normalized spacial score (nSPS) is 11.5. The van der Waals surface area contributed by atoms with Crippen molar-refractivity contribution in [1.82, 2.24) is 0 Å². The Morgan fingerprint density at radius 3 is 1.93 bits per heavy atom. The Balaban J connectivity index is 0.00000392. The summed E-state index contributed by atoms with van der Waals surface area (Å²) in [5.41, 5.74) is 1.13. The van der Waals surface area contributed by atoms with E-state index in [1.165, 1.54) is 76.3 Å². The first-order valence-corrected chi connectivity index (χ1v) is 11.9. The second kappa shape index (κ2) is 13.8. The summed E-state index contributed by atoms with van der Waals surface area (Å²) in [7, 11) is -4.41. The summed E-state index contributed by atoms with van der Waals surface area (Å²) in [6, 6.07) is 10.7. The van der Waals surface area contributed by atoms with Crippen LogP contribution in [0.2, 0.25) is 0 Å². The molecule has 0 unspecified atom stereocenters. The van der Waals surface area contributed by atoms with E-state index in [1.54, 1.807) is 6.07 Å². The van der Waals surface area contributed by atoms with Crippen molar-refractivity contribution in [2.45, 2.75) is 88.9 Å². The summed E-state index contributed by atoms with van der Waals surface area (Å²) >= 11 is 0. The Bertz CT molecular complexity index is 803. The molecule has 0 aliphatic rings. The van der Waals surface area contributed by atoms with Crippen LogP contribution < -0.4 is 29.6 Å². The Kier molecular flexibility index (Phi) is 12.6. The molecule has 2 aromatic rings. The van der Waals surface area contributed by atoms with E-state index < -0.39 is 10.1 Å². The van der Waals surface area contributed by atoms with Crippen LogP contribution in [0, 0.1) is 0 Å². The maximum atomic E-state index is 11.3. The molecule has 0 spiro atoms. The van der Waals surface area contributed by atoms with Gasteiger partial charge in [0.25, 0.3) is 0 Å². The zero-order valence-corrected chi connectivity index (χ0v) is 20.4. The van der Waals surface area contributed by atoms with Gasteiger partial charge in [-0.1, -0.05) is 95.4 Å². The topological polar surface area (TPSA) is 57.2 Å². The molecule has 0 saturated heterocycles. The number of hydrogen-bond acceptors (Lipinski definition) is 3. The van der Waals surface area contributed by atoms with E-state index in [4.69, 9.17) is 0 Å². The van der Waals surface area contributed by atoms with E-state index in [-0.39, 0.29) is 34.5 Å². The van der Waals surface area contributed by atoms with Gasteiger partial charge < -0.3 is 4.55 Å². The number of rotatable bonds is 13. The van der Waals surface area contributed by atoms with Crippen LogP contribution in [0.4, 0.5) is 0 Å². The molecule has 3 nitrogen and oxygen atoms in total. The van der Waals surface area contributed by atoms with Crippen LogP contribution in [0.1, 0.15) is 83.1 Å². The van der Waals surface area contributed by atoms with Crippen molar-refractivity contribution in [3.8, 4) is 0 Å². The zero-order chi connectivity index (χ0) is 19.5. The molecule has 150 valence electrons. The smallest absolute Gasteiger partial charge is 0.744 e. The fourth-order valence-corrected chi connectivity index (χ4v) is 4.17. The van der Waals surface area contributed by atoms with Crippen molar-refractivity contribution >= 4 is 20.9 Å². The third-order valence-electron chi connectivity index (χ3n) is 5.28. The maximum Gasteiger partial charge on any atom is 1.00 e. The number of fused-ring (bicyclic) bond motifs is 1. The fraction of sp³-hybridized carbons (Fsp3) is 0.565. The molecule has 2 aromatic carbocycles. The zero-order valence-electron chi connectivity index (χ0n) is 17.6. The molecule has 0 amide bonds. The largest absolute Gasteiger partial charge is 1.00 e. The first-order valence-electron chi connectivity index (χ1n) is 10.5. The Morgan fingerprint density at radius 2 is 1.36 bits per heavy atom. The molecule has 0 atom stereocenters. The molecule has 0 saturated carbocycles. The minimum absolute atomic E-state index is 0. The average molecular weight is 413 g/mol. The molecule has 2 rings (SSSR count). The third kappa shape index (κ3) is 8.96. The average Bonchev–Trinajstić information content (AvgIpc) is 2.65. The van der Waals surface area contributed by atoms with Crippen molar-refractivity contribution in [3.05, 3.63) is 42.0 Å². The molecular formula is C23H33NaO3S. The predicted molar refractivity (Wildman–Crippen MR) is 112 cm³/mol. The van der Waals surface area contributed by atoms with Gasteiger partial charge in [-0.25, -0.2) is 8.42 Å². The van der Waals surface area contributed by atoms with Gasteiger partial charge in [0.1, 0.15) is 10.1 Å². The fourth-order valence-electron chi connectivity index (χ4n) is 3.67. The van der Waals surface area contributed by atoms with Crippen molar-refractivity contribution in [2.75, 3.05) is 0 Å². The van der Waals surface area contributed by atoms with Crippen LogP contribution in [0.15, 0.2) is 41.3 Å². The predicted octanol–water partition coefficient (Wildman–Crippen LogP) is 3.60.